The zero-order valence-corrected chi connectivity index (χ0v) is 7.93. The van der Waals surface area contributed by atoms with Crippen LogP contribution in [0.1, 0.15) is 15.9 Å². The quantitative estimate of drug-likeness (QED) is 0.707. The minimum absolute atomic E-state index is 0.0153. The first-order chi connectivity index (χ1) is 6.61. The highest BCUT2D eigenvalue weighted by molar-refractivity contribution is 6.68. The fraction of sp³-hybridized carbons (Fsp3) is 0.111. The van der Waals surface area contributed by atoms with E-state index in [0.29, 0.717) is 0 Å². The topological polar surface area (TPSA) is 50.1 Å². The molecule has 0 amide bonds. The van der Waals surface area contributed by atoms with Gasteiger partial charge in [0.05, 0.1) is 12.7 Å². The Morgan fingerprint density at radius 3 is 2.71 bits per heavy atom. The lowest BCUT2D eigenvalue weighted by Crippen LogP contribution is -2.01. The van der Waals surface area contributed by atoms with E-state index in [1.807, 2.05) is 0 Å². The molecule has 0 aliphatic carbocycles. The summed E-state index contributed by atoms with van der Waals surface area (Å²) >= 11 is 5.15. The first kappa shape index (κ1) is 10.5. The Balaban J connectivity index is 3.49. The molecule has 0 fully saturated rings. The van der Waals surface area contributed by atoms with Crippen molar-refractivity contribution in [2.45, 2.75) is 0 Å². The maximum atomic E-state index is 13.4. The lowest BCUT2D eigenvalue weighted by molar-refractivity contribution is 0.107. The Morgan fingerprint density at radius 2 is 2.29 bits per heavy atom. The van der Waals surface area contributed by atoms with Gasteiger partial charge in [-0.05, 0) is 23.7 Å². The van der Waals surface area contributed by atoms with Crippen molar-refractivity contribution in [3.63, 3.8) is 0 Å². The highest BCUT2D eigenvalue weighted by Crippen LogP contribution is 2.25. The number of halogens is 2. The highest BCUT2D eigenvalue weighted by Gasteiger charge is 2.18. The Bertz CT molecular complexity index is 426. The Morgan fingerprint density at radius 1 is 1.64 bits per heavy atom. The van der Waals surface area contributed by atoms with Crippen LogP contribution in [0.4, 0.5) is 4.39 Å². The van der Waals surface area contributed by atoms with Gasteiger partial charge in [0.2, 0.25) is 0 Å². The van der Waals surface area contributed by atoms with Gasteiger partial charge in [0.25, 0.3) is 5.24 Å². The molecule has 1 aromatic carbocycles. The lowest BCUT2D eigenvalue weighted by atomic mass is 10.1. The van der Waals surface area contributed by atoms with E-state index in [4.69, 9.17) is 21.6 Å². The average molecular weight is 214 g/mol. The number of nitrogens with zero attached hydrogens (tertiary/aromatic N) is 1. The normalized spacial score (nSPS) is 9.29. The van der Waals surface area contributed by atoms with Gasteiger partial charge in [-0.2, -0.15) is 5.26 Å². The Kier molecular flexibility index (Phi) is 3.05. The van der Waals surface area contributed by atoms with Crippen LogP contribution in [0, 0.1) is 17.1 Å². The molecule has 0 radical (unpaired) electrons. The molecule has 0 atom stereocenters. The number of methoxy groups -OCH3 is 1. The summed E-state index contributed by atoms with van der Waals surface area (Å²) in [5.74, 6) is -0.937. The van der Waals surface area contributed by atoms with Crippen molar-refractivity contribution in [2.24, 2.45) is 0 Å². The van der Waals surface area contributed by atoms with Gasteiger partial charge in [-0.1, -0.05) is 0 Å². The molecule has 14 heavy (non-hydrogen) atoms. The number of carbonyl (C=O) groups excluding carboxylic acids is 1. The number of ether oxygens (including phenoxy) is 1. The number of benzene rings is 1. The van der Waals surface area contributed by atoms with Gasteiger partial charge < -0.3 is 4.74 Å². The second kappa shape index (κ2) is 4.07. The van der Waals surface area contributed by atoms with Crippen LogP contribution >= 0.6 is 11.6 Å². The van der Waals surface area contributed by atoms with Gasteiger partial charge in [0, 0.05) is 0 Å². The molecule has 0 unspecified atom stereocenters. The van der Waals surface area contributed by atoms with Crippen LogP contribution in [0.25, 0.3) is 0 Å². The molecule has 72 valence electrons. The molecule has 0 aliphatic rings. The van der Waals surface area contributed by atoms with Crippen LogP contribution in [-0.4, -0.2) is 12.4 Å². The molecule has 1 aromatic rings. The van der Waals surface area contributed by atoms with E-state index in [9.17, 15) is 9.18 Å². The van der Waals surface area contributed by atoms with Gasteiger partial charge in [0.15, 0.2) is 5.82 Å². The number of carbonyl (C=O) groups is 1. The second-order valence-electron chi connectivity index (χ2n) is 2.39. The maximum absolute atomic E-state index is 13.4. The minimum atomic E-state index is -0.989. The first-order valence-corrected chi connectivity index (χ1v) is 3.96. The summed E-state index contributed by atoms with van der Waals surface area (Å²) in [4.78, 5) is 10.9. The van der Waals surface area contributed by atoms with E-state index in [-0.39, 0.29) is 11.3 Å². The average Bonchev–Trinajstić information content (AvgIpc) is 2.16. The number of hydrogen-bond donors (Lipinski definition) is 0. The summed E-state index contributed by atoms with van der Waals surface area (Å²) in [5.41, 5.74) is -0.650. The van der Waals surface area contributed by atoms with E-state index < -0.39 is 16.6 Å². The van der Waals surface area contributed by atoms with E-state index in [1.165, 1.54) is 19.2 Å². The summed E-state index contributed by atoms with van der Waals surface area (Å²) in [5, 5.41) is 7.51. The third-order valence-corrected chi connectivity index (χ3v) is 1.83. The molecule has 0 heterocycles. The van der Waals surface area contributed by atoms with Crippen LogP contribution in [0.3, 0.4) is 0 Å². The number of rotatable bonds is 2. The fourth-order valence-corrected chi connectivity index (χ4v) is 1.17. The predicted octanol–water partition coefficient (Wildman–Crippen LogP) is 2.08. The zero-order chi connectivity index (χ0) is 10.7. The highest BCUT2D eigenvalue weighted by atomic mass is 35.5. The molecule has 0 bridgehead atoms. The first-order valence-electron chi connectivity index (χ1n) is 3.58. The number of nitriles is 1. The van der Waals surface area contributed by atoms with Gasteiger partial charge in [-0.25, -0.2) is 4.39 Å². The van der Waals surface area contributed by atoms with Crippen molar-refractivity contribution in [1.82, 2.24) is 0 Å². The van der Waals surface area contributed by atoms with E-state index in [0.717, 1.165) is 0 Å². The van der Waals surface area contributed by atoms with Crippen molar-refractivity contribution >= 4 is 16.8 Å². The van der Waals surface area contributed by atoms with Crippen molar-refractivity contribution in [1.29, 1.82) is 5.26 Å². The third-order valence-electron chi connectivity index (χ3n) is 1.64. The van der Waals surface area contributed by atoms with E-state index in [2.05, 4.69) is 0 Å². The van der Waals surface area contributed by atoms with Crippen LogP contribution in [-0.2, 0) is 0 Å². The molecule has 1 rings (SSSR count). The van der Waals surface area contributed by atoms with Crippen molar-refractivity contribution in [3.8, 4) is 11.8 Å². The second-order valence-corrected chi connectivity index (χ2v) is 2.73. The molecule has 0 saturated carbocycles. The SMILES string of the molecule is COc1ccc(C#N)c(F)c1C(=O)Cl. The Hall–Kier alpha value is -1.60. The summed E-state index contributed by atoms with van der Waals surface area (Å²) in [6, 6.07) is 4.14. The van der Waals surface area contributed by atoms with Gasteiger partial charge in [0.1, 0.15) is 17.4 Å². The van der Waals surface area contributed by atoms with Crippen molar-refractivity contribution in [3.05, 3.63) is 29.1 Å². The van der Waals surface area contributed by atoms with Crippen LogP contribution in [0.5, 0.6) is 5.75 Å². The molecular formula is C9H5ClFNO2. The standard InChI is InChI=1S/C9H5ClFNO2/c1-14-6-3-2-5(4-12)8(11)7(6)9(10)13/h2-3H,1H3. The summed E-state index contributed by atoms with van der Waals surface area (Å²) in [7, 11) is 1.28. The summed E-state index contributed by atoms with van der Waals surface area (Å²) in [6.07, 6.45) is 0. The molecule has 3 nitrogen and oxygen atoms in total. The van der Waals surface area contributed by atoms with Gasteiger partial charge in [-0.15, -0.1) is 0 Å². The summed E-state index contributed by atoms with van der Waals surface area (Å²) in [6.45, 7) is 0. The molecule has 0 spiro atoms. The summed E-state index contributed by atoms with van der Waals surface area (Å²) < 4.78 is 18.1. The molecule has 0 aromatic heterocycles. The van der Waals surface area contributed by atoms with Crippen LogP contribution < -0.4 is 4.74 Å². The Labute approximate surface area is 84.7 Å². The largest absolute Gasteiger partial charge is 0.496 e. The molecular weight excluding hydrogens is 209 g/mol. The third kappa shape index (κ3) is 1.68. The molecule has 5 heteroatoms. The fourth-order valence-electron chi connectivity index (χ4n) is 0.998. The monoisotopic (exact) mass is 213 g/mol. The van der Waals surface area contributed by atoms with E-state index >= 15 is 0 Å². The molecule has 0 N–H and O–H groups in total. The number of hydrogen-bond acceptors (Lipinski definition) is 3. The van der Waals surface area contributed by atoms with Gasteiger partial charge >= 0.3 is 0 Å². The van der Waals surface area contributed by atoms with Crippen molar-refractivity contribution < 1.29 is 13.9 Å². The minimum Gasteiger partial charge on any atom is -0.496 e. The molecule has 0 aliphatic heterocycles. The van der Waals surface area contributed by atoms with Crippen molar-refractivity contribution in [2.75, 3.05) is 7.11 Å². The predicted molar refractivity (Wildman–Crippen MR) is 47.9 cm³/mol. The zero-order valence-electron chi connectivity index (χ0n) is 7.17. The van der Waals surface area contributed by atoms with Crippen LogP contribution in [0.2, 0.25) is 0 Å². The lowest BCUT2D eigenvalue weighted by Gasteiger charge is -2.05. The van der Waals surface area contributed by atoms with E-state index in [1.54, 1.807) is 6.07 Å². The van der Waals surface area contributed by atoms with Crippen LogP contribution in [0.15, 0.2) is 12.1 Å². The van der Waals surface area contributed by atoms with Gasteiger partial charge in [-0.3, -0.25) is 4.79 Å². The smallest absolute Gasteiger partial charge is 0.259 e. The molecule has 0 saturated heterocycles. The maximum Gasteiger partial charge on any atom is 0.259 e.